The molecule has 1 aliphatic heterocycles. The maximum atomic E-state index is 12.6. The summed E-state index contributed by atoms with van der Waals surface area (Å²) in [4.78, 5) is 25.3. The molecule has 6 heteroatoms. The normalized spacial score (nSPS) is 18.0. The van der Waals surface area contributed by atoms with Crippen molar-refractivity contribution in [1.82, 2.24) is 14.7 Å². The number of piperidine rings is 1. The summed E-state index contributed by atoms with van der Waals surface area (Å²) in [6.07, 6.45) is 4.59. The molecule has 1 aromatic carbocycles. The van der Waals surface area contributed by atoms with E-state index in [1.54, 1.807) is 22.0 Å². The Morgan fingerprint density at radius 2 is 2.09 bits per heavy atom. The predicted octanol–water partition coefficient (Wildman–Crippen LogP) is 2.12. The van der Waals surface area contributed by atoms with Crippen LogP contribution in [0.15, 0.2) is 36.7 Å². The number of carbonyl (C=O) groups is 2. The molecular formula is C17H19N3O3. The molecule has 0 saturated carbocycles. The highest BCUT2D eigenvalue weighted by Gasteiger charge is 2.29. The summed E-state index contributed by atoms with van der Waals surface area (Å²) in [5, 5.41) is 13.4. The van der Waals surface area contributed by atoms with E-state index in [0.29, 0.717) is 24.9 Å². The summed E-state index contributed by atoms with van der Waals surface area (Å²) in [7, 11) is 0. The number of para-hydroxylation sites is 1. The maximum Gasteiger partial charge on any atom is 0.308 e. The van der Waals surface area contributed by atoms with Crippen LogP contribution in [-0.2, 0) is 4.79 Å². The minimum absolute atomic E-state index is 0.157. The molecule has 1 atom stereocenters. The number of rotatable bonds is 3. The van der Waals surface area contributed by atoms with E-state index in [0.717, 1.165) is 11.3 Å². The molecule has 23 heavy (non-hydrogen) atoms. The fourth-order valence-electron chi connectivity index (χ4n) is 2.93. The molecule has 3 rings (SSSR count). The summed E-state index contributed by atoms with van der Waals surface area (Å²) in [6.45, 7) is 2.85. The van der Waals surface area contributed by atoms with Gasteiger partial charge in [-0.15, -0.1) is 0 Å². The van der Waals surface area contributed by atoms with Gasteiger partial charge in [-0.3, -0.25) is 9.59 Å². The van der Waals surface area contributed by atoms with Gasteiger partial charge in [-0.05, 0) is 31.4 Å². The van der Waals surface area contributed by atoms with Gasteiger partial charge >= 0.3 is 5.97 Å². The van der Waals surface area contributed by atoms with Gasteiger partial charge in [-0.1, -0.05) is 18.2 Å². The van der Waals surface area contributed by atoms with Crippen molar-refractivity contribution in [3.63, 3.8) is 0 Å². The van der Waals surface area contributed by atoms with Crippen molar-refractivity contribution in [2.75, 3.05) is 13.1 Å². The lowest BCUT2D eigenvalue weighted by Crippen LogP contribution is -2.42. The Morgan fingerprint density at radius 1 is 1.30 bits per heavy atom. The Bertz CT molecular complexity index is 738. The van der Waals surface area contributed by atoms with Gasteiger partial charge in [0.25, 0.3) is 5.91 Å². The van der Waals surface area contributed by atoms with Gasteiger partial charge in [0, 0.05) is 19.3 Å². The number of amides is 1. The van der Waals surface area contributed by atoms with E-state index in [4.69, 9.17) is 5.11 Å². The number of aryl methyl sites for hydroxylation is 1. The lowest BCUT2D eigenvalue weighted by Gasteiger charge is -2.30. The quantitative estimate of drug-likeness (QED) is 0.942. The average Bonchev–Trinajstić information content (AvgIpc) is 3.04. The van der Waals surface area contributed by atoms with Crippen LogP contribution in [0.4, 0.5) is 0 Å². The summed E-state index contributed by atoms with van der Waals surface area (Å²) in [6, 6.07) is 7.81. The van der Waals surface area contributed by atoms with Crippen LogP contribution >= 0.6 is 0 Å². The molecule has 2 heterocycles. The van der Waals surface area contributed by atoms with Crippen molar-refractivity contribution in [3.8, 4) is 5.69 Å². The Labute approximate surface area is 134 Å². The highest BCUT2D eigenvalue weighted by molar-refractivity contribution is 5.94. The second-order valence-corrected chi connectivity index (χ2v) is 5.89. The third-order valence-corrected chi connectivity index (χ3v) is 4.25. The predicted molar refractivity (Wildman–Crippen MR) is 84.6 cm³/mol. The van der Waals surface area contributed by atoms with Gasteiger partial charge < -0.3 is 10.0 Å². The van der Waals surface area contributed by atoms with Crippen molar-refractivity contribution < 1.29 is 14.7 Å². The van der Waals surface area contributed by atoms with E-state index < -0.39 is 11.9 Å². The van der Waals surface area contributed by atoms with E-state index >= 15 is 0 Å². The zero-order valence-electron chi connectivity index (χ0n) is 13.0. The number of aliphatic carboxylic acids is 1. The van der Waals surface area contributed by atoms with Crippen molar-refractivity contribution >= 4 is 11.9 Å². The van der Waals surface area contributed by atoms with Crippen LogP contribution in [0.1, 0.15) is 28.8 Å². The molecule has 1 amide bonds. The van der Waals surface area contributed by atoms with E-state index in [1.807, 2.05) is 31.2 Å². The van der Waals surface area contributed by atoms with Crippen molar-refractivity contribution in [2.24, 2.45) is 5.92 Å². The molecule has 0 aliphatic carbocycles. The van der Waals surface area contributed by atoms with E-state index in [2.05, 4.69) is 5.10 Å². The number of carbonyl (C=O) groups excluding carboxylic acids is 1. The van der Waals surface area contributed by atoms with Crippen LogP contribution in [0.2, 0.25) is 0 Å². The first-order chi connectivity index (χ1) is 11.1. The summed E-state index contributed by atoms with van der Waals surface area (Å²) in [5.41, 5.74) is 2.48. The Balaban J connectivity index is 1.79. The van der Waals surface area contributed by atoms with Crippen molar-refractivity contribution in [1.29, 1.82) is 0 Å². The number of carboxylic acids is 1. The average molecular weight is 313 g/mol. The Kier molecular flexibility index (Phi) is 4.14. The molecule has 0 radical (unpaired) electrons. The van der Waals surface area contributed by atoms with Crippen LogP contribution < -0.4 is 0 Å². The first-order valence-electron chi connectivity index (χ1n) is 7.69. The molecule has 120 valence electrons. The second-order valence-electron chi connectivity index (χ2n) is 5.89. The van der Waals surface area contributed by atoms with Crippen LogP contribution in [0.3, 0.4) is 0 Å². The first-order valence-corrected chi connectivity index (χ1v) is 7.69. The number of hydrogen-bond donors (Lipinski definition) is 1. The monoisotopic (exact) mass is 313 g/mol. The van der Waals surface area contributed by atoms with Gasteiger partial charge in [-0.2, -0.15) is 5.10 Å². The zero-order chi connectivity index (χ0) is 16.4. The molecule has 1 fully saturated rings. The Hall–Kier alpha value is -2.63. The standard InChI is InChI=1S/C17H19N3O3/c1-12-5-2-3-7-15(12)20-11-14(9-18-20)16(21)19-8-4-6-13(10-19)17(22)23/h2-3,5,7,9,11,13H,4,6,8,10H2,1H3,(H,22,23)/t13-/m0/s1. The van der Waals surface area contributed by atoms with Gasteiger partial charge in [0.05, 0.1) is 23.4 Å². The largest absolute Gasteiger partial charge is 0.481 e. The minimum atomic E-state index is -0.835. The highest BCUT2D eigenvalue weighted by Crippen LogP contribution is 2.20. The maximum absolute atomic E-state index is 12.6. The van der Waals surface area contributed by atoms with Crippen LogP contribution in [0, 0.1) is 12.8 Å². The third-order valence-electron chi connectivity index (χ3n) is 4.25. The lowest BCUT2D eigenvalue weighted by atomic mass is 9.98. The highest BCUT2D eigenvalue weighted by atomic mass is 16.4. The molecule has 1 aromatic heterocycles. The third kappa shape index (κ3) is 3.11. The molecule has 0 spiro atoms. The van der Waals surface area contributed by atoms with E-state index in [1.165, 1.54) is 0 Å². The van der Waals surface area contributed by atoms with Crippen LogP contribution in [0.25, 0.3) is 5.69 Å². The summed E-state index contributed by atoms with van der Waals surface area (Å²) >= 11 is 0. The lowest BCUT2D eigenvalue weighted by molar-refractivity contribution is -0.143. The molecule has 6 nitrogen and oxygen atoms in total. The topological polar surface area (TPSA) is 75.4 Å². The molecular weight excluding hydrogens is 294 g/mol. The summed E-state index contributed by atoms with van der Waals surface area (Å²) < 4.78 is 1.68. The fourth-order valence-corrected chi connectivity index (χ4v) is 2.93. The van der Waals surface area contributed by atoms with Gasteiger partial charge in [0.15, 0.2) is 0 Å². The summed E-state index contributed by atoms with van der Waals surface area (Å²) in [5.74, 6) is -1.46. The number of hydrogen-bond acceptors (Lipinski definition) is 3. The van der Waals surface area contributed by atoms with Gasteiger partial charge in [-0.25, -0.2) is 4.68 Å². The Morgan fingerprint density at radius 3 is 2.83 bits per heavy atom. The minimum Gasteiger partial charge on any atom is -0.481 e. The van der Waals surface area contributed by atoms with E-state index in [-0.39, 0.29) is 12.5 Å². The molecule has 1 N–H and O–H groups in total. The fraction of sp³-hybridized carbons (Fsp3) is 0.353. The van der Waals surface area contributed by atoms with Crippen LogP contribution in [-0.4, -0.2) is 44.8 Å². The van der Waals surface area contributed by atoms with Crippen molar-refractivity contribution in [3.05, 3.63) is 47.8 Å². The number of likely N-dealkylation sites (tertiary alicyclic amines) is 1. The molecule has 1 aliphatic rings. The number of aromatic nitrogens is 2. The number of carboxylic acid groups (broad SMARTS) is 1. The van der Waals surface area contributed by atoms with Gasteiger partial charge in [0.2, 0.25) is 0 Å². The zero-order valence-corrected chi connectivity index (χ0v) is 13.0. The number of nitrogens with zero attached hydrogens (tertiary/aromatic N) is 3. The smallest absolute Gasteiger partial charge is 0.308 e. The van der Waals surface area contributed by atoms with E-state index in [9.17, 15) is 9.59 Å². The van der Waals surface area contributed by atoms with Gasteiger partial charge in [0.1, 0.15) is 0 Å². The number of benzene rings is 1. The first kappa shape index (κ1) is 15.3. The molecule has 0 bridgehead atoms. The van der Waals surface area contributed by atoms with Crippen LogP contribution in [0.5, 0.6) is 0 Å². The molecule has 1 saturated heterocycles. The SMILES string of the molecule is Cc1ccccc1-n1cc(C(=O)N2CCC[C@H](C(=O)O)C2)cn1. The molecule has 2 aromatic rings. The second kappa shape index (κ2) is 6.24. The van der Waals surface area contributed by atoms with Crippen molar-refractivity contribution in [2.45, 2.75) is 19.8 Å². The molecule has 0 unspecified atom stereocenters.